The van der Waals surface area contributed by atoms with E-state index < -0.39 is 17.9 Å². The zero-order valence-electron chi connectivity index (χ0n) is 10.9. The van der Waals surface area contributed by atoms with Crippen LogP contribution in [0.15, 0.2) is 18.2 Å². The fourth-order valence-electron chi connectivity index (χ4n) is 1.95. The Balaban J connectivity index is 2.18. The smallest absolute Gasteiger partial charge is 0.337 e. The van der Waals surface area contributed by atoms with Gasteiger partial charge in [0.1, 0.15) is 6.04 Å². The standard InChI is InChI=1S/C13H15N3O4/c1-20-13(19)7-2-3-8(14)10(6-7)15-9-4-5-11(17)16-12(9)18/h2-3,6,9,15H,4-5,14H2,1H3,(H,16,17,18). The second kappa shape index (κ2) is 5.60. The molecule has 1 fully saturated rings. The van der Waals surface area contributed by atoms with E-state index in [0.29, 0.717) is 23.4 Å². The molecule has 0 bridgehead atoms. The van der Waals surface area contributed by atoms with E-state index in [1.54, 1.807) is 6.07 Å². The molecule has 1 atom stereocenters. The van der Waals surface area contributed by atoms with Crippen molar-refractivity contribution in [3.05, 3.63) is 23.8 Å². The van der Waals surface area contributed by atoms with Crippen LogP contribution in [0, 0.1) is 0 Å². The zero-order chi connectivity index (χ0) is 14.7. The molecule has 0 saturated carbocycles. The van der Waals surface area contributed by atoms with Crippen molar-refractivity contribution >= 4 is 29.2 Å². The maximum atomic E-state index is 11.7. The number of amides is 2. The Labute approximate surface area is 115 Å². The second-order valence-corrected chi connectivity index (χ2v) is 4.44. The molecule has 1 aliphatic rings. The third-order valence-electron chi connectivity index (χ3n) is 3.04. The van der Waals surface area contributed by atoms with E-state index in [4.69, 9.17) is 5.73 Å². The lowest BCUT2D eigenvalue weighted by molar-refractivity contribution is -0.133. The number of benzene rings is 1. The number of rotatable bonds is 3. The monoisotopic (exact) mass is 277 g/mol. The lowest BCUT2D eigenvalue weighted by Crippen LogP contribution is -2.47. The number of hydrogen-bond donors (Lipinski definition) is 3. The Morgan fingerprint density at radius 3 is 2.85 bits per heavy atom. The third-order valence-corrected chi connectivity index (χ3v) is 3.04. The van der Waals surface area contributed by atoms with E-state index >= 15 is 0 Å². The van der Waals surface area contributed by atoms with Crippen molar-refractivity contribution in [3.8, 4) is 0 Å². The van der Waals surface area contributed by atoms with Gasteiger partial charge in [-0.15, -0.1) is 0 Å². The number of nitrogen functional groups attached to an aromatic ring is 1. The van der Waals surface area contributed by atoms with Crippen molar-refractivity contribution < 1.29 is 19.1 Å². The molecule has 0 radical (unpaired) electrons. The van der Waals surface area contributed by atoms with Gasteiger partial charge in [-0.1, -0.05) is 0 Å². The lowest BCUT2D eigenvalue weighted by atomic mass is 10.0. The van der Waals surface area contributed by atoms with Gasteiger partial charge in [0.25, 0.3) is 0 Å². The Kier molecular flexibility index (Phi) is 3.88. The molecule has 0 aromatic heterocycles. The SMILES string of the molecule is COC(=O)c1ccc(N)c(NC2CCC(=O)NC2=O)c1. The van der Waals surface area contributed by atoms with Gasteiger partial charge >= 0.3 is 5.97 Å². The molecule has 0 aliphatic carbocycles. The van der Waals surface area contributed by atoms with Crippen LogP contribution < -0.4 is 16.4 Å². The lowest BCUT2D eigenvalue weighted by Gasteiger charge is -2.23. The molecule has 2 amide bonds. The minimum Gasteiger partial charge on any atom is -0.465 e. The van der Waals surface area contributed by atoms with Gasteiger partial charge in [-0.3, -0.25) is 14.9 Å². The van der Waals surface area contributed by atoms with Gasteiger partial charge in [0.2, 0.25) is 11.8 Å². The number of ether oxygens (including phenoxy) is 1. The number of nitrogens with one attached hydrogen (secondary N) is 2. The van der Waals surface area contributed by atoms with Crippen molar-refractivity contribution in [2.24, 2.45) is 0 Å². The molecule has 20 heavy (non-hydrogen) atoms. The summed E-state index contributed by atoms with van der Waals surface area (Å²) in [5.74, 6) is -1.18. The molecule has 7 heteroatoms. The van der Waals surface area contributed by atoms with Crippen LogP contribution in [-0.4, -0.2) is 30.9 Å². The number of esters is 1. The van der Waals surface area contributed by atoms with Crippen molar-refractivity contribution in [2.45, 2.75) is 18.9 Å². The van der Waals surface area contributed by atoms with Crippen molar-refractivity contribution in [1.82, 2.24) is 5.32 Å². The fraction of sp³-hybridized carbons (Fsp3) is 0.308. The van der Waals surface area contributed by atoms with E-state index in [2.05, 4.69) is 15.4 Å². The highest BCUT2D eigenvalue weighted by atomic mass is 16.5. The van der Waals surface area contributed by atoms with E-state index in [-0.39, 0.29) is 12.3 Å². The van der Waals surface area contributed by atoms with Gasteiger partial charge in [0, 0.05) is 6.42 Å². The summed E-state index contributed by atoms with van der Waals surface area (Å²) in [5.41, 5.74) is 7.00. The predicted octanol–water partition coefficient (Wildman–Crippen LogP) is 0.272. The maximum Gasteiger partial charge on any atom is 0.337 e. The molecular formula is C13H15N3O4. The molecule has 1 aromatic carbocycles. The summed E-state index contributed by atoms with van der Waals surface area (Å²) >= 11 is 0. The summed E-state index contributed by atoms with van der Waals surface area (Å²) in [5, 5.41) is 5.19. The summed E-state index contributed by atoms with van der Waals surface area (Å²) in [4.78, 5) is 34.2. The summed E-state index contributed by atoms with van der Waals surface area (Å²) in [6.45, 7) is 0. The van der Waals surface area contributed by atoms with Gasteiger partial charge in [0.15, 0.2) is 0 Å². The highest BCUT2D eigenvalue weighted by Crippen LogP contribution is 2.23. The first-order valence-electron chi connectivity index (χ1n) is 6.09. The molecule has 0 spiro atoms. The summed E-state index contributed by atoms with van der Waals surface area (Å²) in [7, 11) is 1.28. The van der Waals surface area contributed by atoms with Crippen LogP contribution in [0.2, 0.25) is 0 Å². The normalized spacial score (nSPS) is 18.4. The number of carbonyl (C=O) groups is 3. The molecule has 4 N–H and O–H groups in total. The number of hydrogen-bond acceptors (Lipinski definition) is 6. The first-order chi connectivity index (χ1) is 9.51. The van der Waals surface area contributed by atoms with E-state index in [9.17, 15) is 14.4 Å². The molecule has 106 valence electrons. The average Bonchev–Trinajstić information content (AvgIpc) is 2.43. The Bertz CT molecular complexity index is 571. The Morgan fingerprint density at radius 2 is 2.20 bits per heavy atom. The molecule has 1 heterocycles. The van der Waals surface area contributed by atoms with Gasteiger partial charge in [-0.2, -0.15) is 0 Å². The average molecular weight is 277 g/mol. The third kappa shape index (κ3) is 2.87. The van der Waals surface area contributed by atoms with Crippen molar-refractivity contribution in [3.63, 3.8) is 0 Å². The number of carbonyl (C=O) groups excluding carboxylic acids is 3. The van der Waals surface area contributed by atoms with Crippen LogP contribution in [0.1, 0.15) is 23.2 Å². The number of piperidine rings is 1. The Morgan fingerprint density at radius 1 is 1.45 bits per heavy atom. The van der Waals surface area contributed by atoms with Gasteiger partial charge < -0.3 is 15.8 Å². The zero-order valence-corrected chi connectivity index (χ0v) is 10.9. The van der Waals surface area contributed by atoms with Gasteiger partial charge in [0.05, 0.1) is 24.0 Å². The molecule has 7 nitrogen and oxygen atoms in total. The highest BCUT2D eigenvalue weighted by molar-refractivity contribution is 6.02. The van der Waals surface area contributed by atoms with Crippen LogP contribution in [0.3, 0.4) is 0 Å². The summed E-state index contributed by atoms with van der Waals surface area (Å²) < 4.78 is 4.62. The largest absolute Gasteiger partial charge is 0.465 e. The van der Waals surface area contributed by atoms with Crippen LogP contribution in [0.25, 0.3) is 0 Å². The van der Waals surface area contributed by atoms with Crippen LogP contribution in [-0.2, 0) is 14.3 Å². The predicted molar refractivity (Wildman–Crippen MR) is 72.0 cm³/mol. The molecule has 2 rings (SSSR count). The molecular weight excluding hydrogens is 262 g/mol. The number of methoxy groups -OCH3 is 1. The van der Waals surface area contributed by atoms with Crippen LogP contribution in [0.4, 0.5) is 11.4 Å². The Hall–Kier alpha value is -2.57. The van der Waals surface area contributed by atoms with Gasteiger partial charge in [-0.25, -0.2) is 4.79 Å². The van der Waals surface area contributed by atoms with Gasteiger partial charge in [-0.05, 0) is 24.6 Å². The van der Waals surface area contributed by atoms with E-state index in [1.807, 2.05) is 0 Å². The van der Waals surface area contributed by atoms with Crippen molar-refractivity contribution in [2.75, 3.05) is 18.2 Å². The topological polar surface area (TPSA) is 111 Å². The first kappa shape index (κ1) is 13.9. The second-order valence-electron chi connectivity index (χ2n) is 4.44. The maximum absolute atomic E-state index is 11.7. The molecule has 1 aliphatic heterocycles. The highest BCUT2D eigenvalue weighted by Gasteiger charge is 2.26. The van der Waals surface area contributed by atoms with E-state index in [1.165, 1.54) is 19.2 Å². The first-order valence-corrected chi connectivity index (χ1v) is 6.09. The molecule has 1 unspecified atom stereocenters. The molecule has 1 aromatic rings. The fourth-order valence-corrected chi connectivity index (χ4v) is 1.95. The minimum atomic E-state index is -0.553. The number of nitrogens with two attached hydrogens (primary N) is 1. The number of anilines is 2. The summed E-state index contributed by atoms with van der Waals surface area (Å²) in [6, 6.07) is 4.06. The van der Waals surface area contributed by atoms with Crippen LogP contribution >= 0.6 is 0 Å². The van der Waals surface area contributed by atoms with Crippen LogP contribution in [0.5, 0.6) is 0 Å². The molecule has 1 saturated heterocycles. The quantitative estimate of drug-likeness (QED) is 0.415. The van der Waals surface area contributed by atoms with Crippen molar-refractivity contribution in [1.29, 1.82) is 0 Å². The number of imide groups is 1. The van der Waals surface area contributed by atoms with E-state index in [0.717, 1.165) is 0 Å². The summed E-state index contributed by atoms with van der Waals surface area (Å²) in [6.07, 6.45) is 0.645. The minimum absolute atomic E-state index is 0.264.